The number of para-hydroxylation sites is 2. The van der Waals surface area contributed by atoms with Crippen LogP contribution in [0.3, 0.4) is 0 Å². The molecular weight excluding hydrogens is 424 g/mol. The molecule has 0 bridgehead atoms. The van der Waals surface area contributed by atoms with Gasteiger partial charge < -0.3 is 14.1 Å². The molecule has 3 heterocycles. The zero-order chi connectivity index (χ0) is 20.7. The van der Waals surface area contributed by atoms with Crippen molar-refractivity contribution in [3.05, 3.63) is 42.3 Å². The second-order valence-corrected chi connectivity index (χ2v) is 10.6. The highest BCUT2D eigenvalue weighted by Gasteiger charge is 2.32. The Morgan fingerprint density at radius 1 is 1.07 bits per heavy atom. The summed E-state index contributed by atoms with van der Waals surface area (Å²) in [7, 11) is -1.92. The standard InChI is InChI=1S/C20H22N4O4S2/c1-27-16-5-3-2-4-15(16)23-10-12-24(13-11-23)30(25,26)18-9-8-17(29-18)20-22-21-19(28-20)14-6-7-14/h2-5,8-9,14H,6-7,10-13H2,1H3. The summed E-state index contributed by atoms with van der Waals surface area (Å²) < 4.78 is 39.3. The number of sulfonamides is 1. The minimum atomic E-state index is -3.56. The number of hydrogen-bond donors (Lipinski definition) is 0. The van der Waals surface area contributed by atoms with E-state index in [9.17, 15) is 8.42 Å². The maximum absolute atomic E-state index is 13.1. The molecule has 1 aliphatic carbocycles. The van der Waals surface area contributed by atoms with Gasteiger partial charge in [0.05, 0.1) is 17.7 Å². The summed E-state index contributed by atoms with van der Waals surface area (Å²) >= 11 is 1.18. The SMILES string of the molecule is COc1ccccc1N1CCN(S(=O)(=O)c2ccc(-c3nnc(C4CC4)o3)s2)CC1. The van der Waals surface area contributed by atoms with Gasteiger partial charge in [-0.25, -0.2) is 8.42 Å². The van der Waals surface area contributed by atoms with E-state index in [1.165, 1.54) is 15.6 Å². The first-order valence-electron chi connectivity index (χ1n) is 9.88. The Morgan fingerprint density at radius 2 is 1.83 bits per heavy atom. The average Bonchev–Trinajstić information content (AvgIpc) is 3.29. The lowest BCUT2D eigenvalue weighted by Gasteiger charge is -2.35. The van der Waals surface area contributed by atoms with Gasteiger partial charge in [-0.3, -0.25) is 0 Å². The van der Waals surface area contributed by atoms with Crippen LogP contribution < -0.4 is 9.64 Å². The Labute approximate surface area is 179 Å². The second kappa shape index (κ2) is 7.68. The molecule has 2 fully saturated rings. The summed E-state index contributed by atoms with van der Waals surface area (Å²) in [5.41, 5.74) is 0.985. The monoisotopic (exact) mass is 446 g/mol. The number of nitrogens with zero attached hydrogens (tertiary/aromatic N) is 4. The van der Waals surface area contributed by atoms with Crippen molar-refractivity contribution in [3.63, 3.8) is 0 Å². The number of benzene rings is 1. The Bertz CT molecular complexity index is 1150. The van der Waals surface area contributed by atoms with Gasteiger partial charge in [0.25, 0.3) is 15.9 Å². The third-order valence-electron chi connectivity index (χ3n) is 5.42. The molecule has 30 heavy (non-hydrogen) atoms. The first-order chi connectivity index (χ1) is 14.6. The van der Waals surface area contributed by atoms with Crippen molar-refractivity contribution in [2.24, 2.45) is 0 Å². The smallest absolute Gasteiger partial charge is 0.257 e. The Hall–Kier alpha value is -2.43. The fraction of sp³-hybridized carbons (Fsp3) is 0.400. The summed E-state index contributed by atoms with van der Waals surface area (Å²) in [5.74, 6) is 2.20. The molecule has 10 heteroatoms. The molecule has 0 atom stereocenters. The van der Waals surface area contributed by atoms with Gasteiger partial charge in [-0.15, -0.1) is 21.5 Å². The van der Waals surface area contributed by atoms with Gasteiger partial charge in [-0.1, -0.05) is 12.1 Å². The van der Waals surface area contributed by atoms with Crippen molar-refractivity contribution >= 4 is 27.0 Å². The van der Waals surface area contributed by atoms with Crippen molar-refractivity contribution in [2.45, 2.75) is 23.0 Å². The normalized spacial score (nSPS) is 18.0. The van der Waals surface area contributed by atoms with Crippen LogP contribution in [0.2, 0.25) is 0 Å². The molecule has 0 unspecified atom stereocenters. The number of methoxy groups -OCH3 is 1. The first-order valence-corrected chi connectivity index (χ1v) is 12.1. The number of aromatic nitrogens is 2. The van der Waals surface area contributed by atoms with Gasteiger partial charge >= 0.3 is 0 Å². The van der Waals surface area contributed by atoms with E-state index in [-0.39, 0.29) is 0 Å². The number of anilines is 1. The minimum Gasteiger partial charge on any atom is -0.495 e. The van der Waals surface area contributed by atoms with E-state index in [4.69, 9.17) is 9.15 Å². The number of thiophene rings is 1. The fourth-order valence-electron chi connectivity index (χ4n) is 3.59. The molecule has 0 radical (unpaired) electrons. The summed E-state index contributed by atoms with van der Waals surface area (Å²) in [5, 5.41) is 8.16. The average molecular weight is 447 g/mol. The lowest BCUT2D eigenvalue weighted by atomic mass is 10.2. The van der Waals surface area contributed by atoms with E-state index in [1.807, 2.05) is 24.3 Å². The fourth-order valence-corrected chi connectivity index (χ4v) is 6.39. The van der Waals surface area contributed by atoms with Crippen molar-refractivity contribution in [2.75, 3.05) is 38.2 Å². The highest BCUT2D eigenvalue weighted by atomic mass is 32.2. The maximum atomic E-state index is 13.1. The quantitative estimate of drug-likeness (QED) is 0.574. The highest BCUT2D eigenvalue weighted by molar-refractivity contribution is 7.91. The Kier molecular flexibility index (Phi) is 5.00. The van der Waals surface area contributed by atoms with E-state index in [0.29, 0.717) is 53.0 Å². The first kappa shape index (κ1) is 19.5. The van der Waals surface area contributed by atoms with Gasteiger partial charge in [-0.2, -0.15) is 4.31 Å². The van der Waals surface area contributed by atoms with E-state index in [1.54, 1.807) is 19.2 Å². The molecule has 0 N–H and O–H groups in total. The van der Waals surface area contributed by atoms with E-state index in [0.717, 1.165) is 24.3 Å². The molecule has 8 nitrogen and oxygen atoms in total. The van der Waals surface area contributed by atoms with Gasteiger partial charge in [-0.05, 0) is 37.1 Å². The Morgan fingerprint density at radius 3 is 2.57 bits per heavy atom. The van der Waals surface area contributed by atoms with Crippen molar-refractivity contribution < 1.29 is 17.6 Å². The van der Waals surface area contributed by atoms with Crippen LogP contribution in [0.25, 0.3) is 10.8 Å². The van der Waals surface area contributed by atoms with Crippen LogP contribution in [0.1, 0.15) is 24.7 Å². The van der Waals surface area contributed by atoms with E-state index < -0.39 is 10.0 Å². The van der Waals surface area contributed by atoms with Crippen LogP contribution in [-0.2, 0) is 10.0 Å². The number of rotatable bonds is 6. The van der Waals surface area contributed by atoms with Crippen LogP contribution in [0, 0.1) is 0 Å². The summed E-state index contributed by atoms with van der Waals surface area (Å²) in [6.07, 6.45) is 2.15. The molecular formula is C20H22N4O4S2. The number of piperazine rings is 1. The predicted molar refractivity (Wildman–Crippen MR) is 114 cm³/mol. The largest absolute Gasteiger partial charge is 0.495 e. The van der Waals surface area contributed by atoms with E-state index in [2.05, 4.69) is 15.1 Å². The number of ether oxygens (including phenoxy) is 1. The summed E-state index contributed by atoms with van der Waals surface area (Å²) in [4.78, 5) is 2.84. The summed E-state index contributed by atoms with van der Waals surface area (Å²) in [6, 6.07) is 11.2. The van der Waals surface area contributed by atoms with Crippen molar-refractivity contribution in [1.29, 1.82) is 0 Å². The van der Waals surface area contributed by atoms with Crippen LogP contribution >= 0.6 is 11.3 Å². The molecule has 3 aromatic rings. The molecule has 0 spiro atoms. The number of hydrogen-bond acceptors (Lipinski definition) is 8. The maximum Gasteiger partial charge on any atom is 0.257 e. The second-order valence-electron chi connectivity index (χ2n) is 7.40. The van der Waals surface area contributed by atoms with Crippen LogP contribution in [-0.4, -0.2) is 56.2 Å². The zero-order valence-corrected chi connectivity index (χ0v) is 18.2. The molecule has 2 aromatic heterocycles. The Balaban J connectivity index is 1.29. The molecule has 158 valence electrons. The van der Waals surface area contributed by atoms with Gasteiger partial charge in [0, 0.05) is 32.1 Å². The highest BCUT2D eigenvalue weighted by Crippen LogP contribution is 2.41. The summed E-state index contributed by atoms with van der Waals surface area (Å²) in [6.45, 7) is 2.04. The molecule has 5 rings (SSSR count). The molecule has 1 saturated heterocycles. The third kappa shape index (κ3) is 3.59. The lowest BCUT2D eigenvalue weighted by Crippen LogP contribution is -2.48. The van der Waals surface area contributed by atoms with Crippen LogP contribution in [0.4, 0.5) is 5.69 Å². The molecule has 2 aliphatic rings. The third-order valence-corrected chi connectivity index (χ3v) is 8.86. The van der Waals surface area contributed by atoms with Gasteiger partial charge in [0.1, 0.15) is 9.96 Å². The van der Waals surface area contributed by atoms with Crippen LogP contribution in [0.15, 0.2) is 45.0 Å². The topological polar surface area (TPSA) is 88.8 Å². The minimum absolute atomic E-state index is 0.300. The molecule has 0 amide bonds. The van der Waals surface area contributed by atoms with Gasteiger partial charge in [0.2, 0.25) is 5.89 Å². The van der Waals surface area contributed by atoms with E-state index >= 15 is 0 Å². The molecule has 1 saturated carbocycles. The van der Waals surface area contributed by atoms with Crippen molar-refractivity contribution in [3.8, 4) is 16.5 Å². The lowest BCUT2D eigenvalue weighted by molar-refractivity contribution is 0.379. The predicted octanol–water partition coefficient (Wildman–Crippen LogP) is 3.20. The molecule has 1 aliphatic heterocycles. The molecule has 1 aromatic carbocycles. The van der Waals surface area contributed by atoms with Crippen molar-refractivity contribution in [1.82, 2.24) is 14.5 Å². The zero-order valence-electron chi connectivity index (χ0n) is 16.5. The van der Waals surface area contributed by atoms with Gasteiger partial charge in [0.15, 0.2) is 0 Å². The van der Waals surface area contributed by atoms with Crippen LogP contribution in [0.5, 0.6) is 5.75 Å².